The first-order chi connectivity index (χ1) is 14.7. The molecular weight excluding hydrogens is 428 g/mol. The van der Waals surface area contributed by atoms with Crippen LogP contribution in [0.4, 0.5) is 0 Å². The smallest absolute Gasteiger partial charge is 0.251 e. The van der Waals surface area contributed by atoms with Crippen LogP contribution in [0, 0.1) is 30.6 Å². The van der Waals surface area contributed by atoms with Gasteiger partial charge in [-0.3, -0.25) is 9.63 Å². The third-order valence-electron chi connectivity index (χ3n) is 7.08. The van der Waals surface area contributed by atoms with E-state index in [4.69, 9.17) is 4.84 Å². The number of rotatable bonds is 6. The minimum Gasteiger partial charge on any atom is -0.392 e. The minimum absolute atomic E-state index is 0.0386. The summed E-state index contributed by atoms with van der Waals surface area (Å²) in [5.41, 5.74) is 0.278. The molecule has 0 unspecified atom stereocenters. The molecule has 1 aromatic carbocycles. The standard InChI is InChI=1S/C24H38N2O5S/c1-14(2)20-21-19(13-25(20)32(29,30)18-11-9-16(5)10-12-18)24(7,8)31-26(21)23(28)17(6)22(27)15(3)4/h9-12,14-15,17,19-22,27H,13H2,1-8H3/t17-,19+,20-,21+,22+/m0/s1. The summed E-state index contributed by atoms with van der Waals surface area (Å²) in [7, 11) is -3.75. The van der Waals surface area contributed by atoms with Gasteiger partial charge in [0.05, 0.1) is 34.6 Å². The van der Waals surface area contributed by atoms with Crippen LogP contribution in [0.15, 0.2) is 29.2 Å². The zero-order valence-electron chi connectivity index (χ0n) is 20.4. The summed E-state index contributed by atoms with van der Waals surface area (Å²) in [4.78, 5) is 19.8. The van der Waals surface area contributed by atoms with E-state index in [9.17, 15) is 18.3 Å². The lowest BCUT2D eigenvalue weighted by Crippen LogP contribution is -2.52. The number of benzene rings is 1. The maximum atomic E-state index is 13.7. The highest BCUT2D eigenvalue weighted by Crippen LogP contribution is 2.48. The Balaban J connectivity index is 2.01. The molecule has 0 bridgehead atoms. The van der Waals surface area contributed by atoms with Crippen LogP contribution in [0.5, 0.6) is 0 Å². The number of nitrogens with zero attached hydrogens (tertiary/aromatic N) is 2. The van der Waals surface area contributed by atoms with E-state index in [1.807, 2.05) is 48.5 Å². The highest BCUT2D eigenvalue weighted by Gasteiger charge is 2.62. The highest BCUT2D eigenvalue weighted by molar-refractivity contribution is 7.89. The number of hydrogen-bond donors (Lipinski definition) is 1. The van der Waals surface area contributed by atoms with Crippen LogP contribution in [0.3, 0.4) is 0 Å². The van der Waals surface area contributed by atoms with Crippen LogP contribution in [0.2, 0.25) is 0 Å². The fourth-order valence-electron chi connectivity index (χ4n) is 5.09. The van der Waals surface area contributed by atoms with Gasteiger partial charge in [-0.2, -0.15) is 4.31 Å². The third kappa shape index (κ3) is 4.22. The second-order valence-corrected chi connectivity index (χ2v) is 12.5. The Morgan fingerprint density at radius 1 is 1.12 bits per heavy atom. The number of hydrogen-bond acceptors (Lipinski definition) is 5. The summed E-state index contributed by atoms with van der Waals surface area (Å²) < 4.78 is 28.9. The van der Waals surface area contributed by atoms with E-state index in [0.29, 0.717) is 0 Å². The first-order valence-electron chi connectivity index (χ1n) is 11.5. The van der Waals surface area contributed by atoms with Gasteiger partial charge in [0.2, 0.25) is 10.0 Å². The van der Waals surface area contributed by atoms with Crippen LogP contribution in [-0.4, -0.2) is 59.1 Å². The van der Waals surface area contributed by atoms with E-state index in [2.05, 4.69) is 0 Å². The monoisotopic (exact) mass is 466 g/mol. The number of sulfonamides is 1. The van der Waals surface area contributed by atoms with Gasteiger partial charge in [-0.05, 0) is 44.7 Å². The molecule has 2 saturated heterocycles. The van der Waals surface area contributed by atoms with Crippen molar-refractivity contribution in [1.29, 1.82) is 0 Å². The summed E-state index contributed by atoms with van der Waals surface area (Å²) in [5.74, 6) is -1.25. The quantitative estimate of drug-likeness (QED) is 0.696. The molecule has 32 heavy (non-hydrogen) atoms. The number of hydroxylamine groups is 2. The molecule has 0 aliphatic carbocycles. The van der Waals surface area contributed by atoms with Crippen LogP contribution in [0.1, 0.15) is 54.0 Å². The van der Waals surface area contributed by atoms with Gasteiger partial charge in [0.15, 0.2) is 0 Å². The number of aliphatic hydroxyl groups is 1. The summed E-state index contributed by atoms with van der Waals surface area (Å²) in [6, 6.07) is 6.03. The van der Waals surface area contributed by atoms with E-state index < -0.39 is 39.7 Å². The summed E-state index contributed by atoms with van der Waals surface area (Å²) >= 11 is 0. The van der Waals surface area contributed by atoms with Gasteiger partial charge in [-0.15, -0.1) is 0 Å². The Kier molecular flexibility index (Phi) is 6.84. The zero-order chi connectivity index (χ0) is 24.2. The molecule has 1 amide bonds. The van der Waals surface area contributed by atoms with Gasteiger partial charge in [0, 0.05) is 12.5 Å². The molecule has 2 fully saturated rings. The predicted octanol–water partition coefficient (Wildman–Crippen LogP) is 3.21. The molecule has 180 valence electrons. The molecule has 5 atom stereocenters. The van der Waals surface area contributed by atoms with Gasteiger partial charge in [-0.1, -0.05) is 52.3 Å². The van der Waals surface area contributed by atoms with Gasteiger partial charge >= 0.3 is 0 Å². The van der Waals surface area contributed by atoms with E-state index >= 15 is 0 Å². The molecule has 0 radical (unpaired) electrons. The fourth-order valence-corrected chi connectivity index (χ4v) is 6.89. The van der Waals surface area contributed by atoms with Crippen molar-refractivity contribution in [2.45, 2.75) is 84.1 Å². The van der Waals surface area contributed by atoms with E-state index in [0.717, 1.165) is 5.56 Å². The molecule has 1 aromatic rings. The Labute approximate surface area is 192 Å². The lowest BCUT2D eigenvalue weighted by molar-refractivity contribution is -0.216. The average molecular weight is 467 g/mol. The second kappa shape index (κ2) is 8.70. The predicted molar refractivity (Wildman–Crippen MR) is 123 cm³/mol. The Morgan fingerprint density at radius 2 is 1.69 bits per heavy atom. The average Bonchev–Trinajstić information content (AvgIpc) is 3.23. The molecule has 0 aromatic heterocycles. The molecule has 2 aliphatic heterocycles. The minimum atomic E-state index is -3.75. The maximum Gasteiger partial charge on any atom is 0.251 e. The molecule has 1 N–H and O–H groups in total. The SMILES string of the molecule is Cc1ccc(S(=O)(=O)N2C[C@@H]3[C@H]([C@@H]2C(C)C)N(C(=O)[C@@H](C)[C@H](O)C(C)C)OC3(C)C)cc1. The summed E-state index contributed by atoms with van der Waals surface area (Å²) in [6.07, 6.45) is -0.806. The number of carbonyl (C=O) groups is 1. The Bertz CT molecular complexity index is 942. The second-order valence-electron chi connectivity index (χ2n) is 10.6. The summed E-state index contributed by atoms with van der Waals surface area (Å²) in [6.45, 7) is 15.4. The highest BCUT2D eigenvalue weighted by atomic mass is 32.2. The zero-order valence-corrected chi connectivity index (χ0v) is 21.3. The Morgan fingerprint density at radius 3 is 2.19 bits per heavy atom. The molecule has 0 saturated carbocycles. The van der Waals surface area contributed by atoms with Crippen molar-refractivity contribution in [3.05, 3.63) is 29.8 Å². The van der Waals surface area contributed by atoms with Crippen molar-refractivity contribution in [2.24, 2.45) is 23.7 Å². The number of aryl methyl sites for hydroxylation is 1. The number of amides is 1. The topological polar surface area (TPSA) is 87.2 Å². The van der Waals surface area contributed by atoms with E-state index in [-0.39, 0.29) is 35.1 Å². The molecular formula is C24H38N2O5S. The largest absolute Gasteiger partial charge is 0.392 e. The van der Waals surface area contributed by atoms with Crippen molar-refractivity contribution < 1.29 is 23.2 Å². The van der Waals surface area contributed by atoms with E-state index in [1.165, 1.54) is 5.06 Å². The summed E-state index contributed by atoms with van der Waals surface area (Å²) in [5, 5.41) is 11.9. The lowest BCUT2D eigenvalue weighted by atomic mass is 9.83. The first kappa shape index (κ1) is 25.1. The number of aliphatic hydroxyl groups excluding tert-OH is 1. The van der Waals surface area contributed by atoms with Crippen LogP contribution in [0.25, 0.3) is 0 Å². The van der Waals surface area contributed by atoms with Gasteiger partial charge in [0.25, 0.3) is 5.91 Å². The van der Waals surface area contributed by atoms with Crippen LogP contribution < -0.4 is 0 Å². The normalized spacial score (nSPS) is 27.7. The molecule has 7 nitrogen and oxygen atoms in total. The van der Waals surface area contributed by atoms with Crippen molar-refractivity contribution >= 4 is 15.9 Å². The number of carbonyl (C=O) groups excluding carboxylic acids is 1. The van der Waals surface area contributed by atoms with Gasteiger partial charge in [0.1, 0.15) is 0 Å². The van der Waals surface area contributed by atoms with Crippen LogP contribution in [-0.2, 0) is 19.7 Å². The third-order valence-corrected chi connectivity index (χ3v) is 8.96. The van der Waals surface area contributed by atoms with Gasteiger partial charge < -0.3 is 5.11 Å². The molecule has 2 aliphatic rings. The first-order valence-corrected chi connectivity index (χ1v) is 12.9. The van der Waals surface area contributed by atoms with Crippen molar-refractivity contribution in [2.75, 3.05) is 6.54 Å². The fraction of sp³-hybridized carbons (Fsp3) is 0.708. The van der Waals surface area contributed by atoms with Crippen molar-refractivity contribution in [3.8, 4) is 0 Å². The van der Waals surface area contributed by atoms with Crippen molar-refractivity contribution in [3.63, 3.8) is 0 Å². The number of fused-ring (bicyclic) bond motifs is 1. The lowest BCUT2D eigenvalue weighted by Gasteiger charge is -2.36. The maximum absolute atomic E-state index is 13.7. The molecule has 3 rings (SSSR count). The van der Waals surface area contributed by atoms with Crippen LogP contribution >= 0.6 is 0 Å². The van der Waals surface area contributed by atoms with E-state index in [1.54, 1.807) is 35.5 Å². The molecule has 8 heteroatoms. The molecule has 2 heterocycles. The molecule has 0 spiro atoms. The van der Waals surface area contributed by atoms with Crippen molar-refractivity contribution in [1.82, 2.24) is 9.37 Å². The Hall–Kier alpha value is -1.48. The van der Waals surface area contributed by atoms with Gasteiger partial charge in [-0.25, -0.2) is 13.5 Å².